The van der Waals surface area contributed by atoms with E-state index in [0.29, 0.717) is 10.7 Å². The van der Waals surface area contributed by atoms with E-state index in [9.17, 15) is 4.79 Å². The quantitative estimate of drug-likeness (QED) is 0.775. The maximum absolute atomic E-state index is 12.5. The molecule has 0 radical (unpaired) electrons. The van der Waals surface area contributed by atoms with Crippen molar-refractivity contribution in [2.45, 2.75) is 39.2 Å². The lowest BCUT2D eigenvalue weighted by atomic mass is 10.0. The molecule has 4 nitrogen and oxygen atoms in total. The van der Waals surface area contributed by atoms with E-state index in [1.807, 2.05) is 45.0 Å². The summed E-state index contributed by atoms with van der Waals surface area (Å²) in [5, 5.41) is 10.7. The standard InChI is InChI=1S/C16H19BrClN3O/c1-4-12(10-6-5-7-11(18)8-10)19-16(22)15-13(17)14(9(2)3)20-21-15/h5-9,12H,4H2,1-3H3,(H,19,22)(H,20,21). The first-order chi connectivity index (χ1) is 10.4. The highest BCUT2D eigenvalue weighted by Gasteiger charge is 2.21. The molecule has 0 saturated heterocycles. The summed E-state index contributed by atoms with van der Waals surface area (Å²) in [4.78, 5) is 12.5. The zero-order valence-electron chi connectivity index (χ0n) is 12.8. The van der Waals surface area contributed by atoms with Gasteiger partial charge in [-0.2, -0.15) is 5.10 Å². The predicted molar refractivity (Wildman–Crippen MR) is 92.3 cm³/mol. The second kappa shape index (κ2) is 7.29. The summed E-state index contributed by atoms with van der Waals surface area (Å²) in [7, 11) is 0. The number of aromatic nitrogens is 2. The third-order valence-corrected chi connectivity index (χ3v) is 4.53. The van der Waals surface area contributed by atoms with Crippen molar-refractivity contribution in [2.75, 3.05) is 0 Å². The van der Waals surface area contributed by atoms with Gasteiger partial charge in [0.2, 0.25) is 0 Å². The lowest BCUT2D eigenvalue weighted by Gasteiger charge is -2.17. The Bertz CT molecular complexity index is 669. The fourth-order valence-corrected chi connectivity index (χ4v) is 3.26. The number of benzene rings is 1. The Balaban J connectivity index is 2.19. The van der Waals surface area contributed by atoms with Crippen molar-refractivity contribution in [1.82, 2.24) is 15.5 Å². The van der Waals surface area contributed by atoms with E-state index in [1.165, 1.54) is 0 Å². The van der Waals surface area contributed by atoms with E-state index >= 15 is 0 Å². The van der Waals surface area contributed by atoms with Crippen molar-refractivity contribution < 1.29 is 4.79 Å². The topological polar surface area (TPSA) is 57.8 Å². The molecule has 22 heavy (non-hydrogen) atoms. The summed E-state index contributed by atoms with van der Waals surface area (Å²) in [5.74, 6) is 0.0557. The number of nitrogens with zero attached hydrogens (tertiary/aromatic N) is 1. The molecule has 0 saturated carbocycles. The van der Waals surface area contributed by atoms with Gasteiger partial charge in [-0.25, -0.2) is 0 Å². The maximum atomic E-state index is 12.5. The van der Waals surface area contributed by atoms with Gasteiger partial charge in [0.05, 0.1) is 16.2 Å². The lowest BCUT2D eigenvalue weighted by Crippen LogP contribution is -2.28. The number of hydrogen-bond donors (Lipinski definition) is 2. The SMILES string of the molecule is CCC(NC(=O)c1n[nH]c(C(C)C)c1Br)c1cccc(Cl)c1. The minimum atomic E-state index is -0.207. The van der Waals surface area contributed by atoms with Gasteiger partial charge in [0.25, 0.3) is 5.91 Å². The Morgan fingerprint density at radius 2 is 2.18 bits per heavy atom. The van der Waals surface area contributed by atoms with Gasteiger partial charge < -0.3 is 5.32 Å². The van der Waals surface area contributed by atoms with Gasteiger partial charge in [-0.1, -0.05) is 44.5 Å². The average Bonchev–Trinajstić information content (AvgIpc) is 2.86. The zero-order valence-corrected chi connectivity index (χ0v) is 15.1. The van der Waals surface area contributed by atoms with E-state index < -0.39 is 0 Å². The van der Waals surface area contributed by atoms with Crippen LogP contribution in [0.5, 0.6) is 0 Å². The molecule has 0 aliphatic carbocycles. The predicted octanol–water partition coefficient (Wildman–Crippen LogP) is 4.83. The van der Waals surface area contributed by atoms with Crippen molar-refractivity contribution in [1.29, 1.82) is 0 Å². The van der Waals surface area contributed by atoms with E-state index in [2.05, 4.69) is 31.4 Å². The monoisotopic (exact) mass is 383 g/mol. The molecule has 0 fully saturated rings. The fourth-order valence-electron chi connectivity index (χ4n) is 2.25. The molecule has 1 aromatic heterocycles. The van der Waals surface area contributed by atoms with E-state index in [0.717, 1.165) is 22.2 Å². The highest BCUT2D eigenvalue weighted by molar-refractivity contribution is 9.10. The second-order valence-electron chi connectivity index (χ2n) is 5.44. The first-order valence-corrected chi connectivity index (χ1v) is 8.41. The van der Waals surface area contributed by atoms with Crippen LogP contribution in [0.25, 0.3) is 0 Å². The summed E-state index contributed by atoms with van der Waals surface area (Å²) < 4.78 is 0.723. The average molecular weight is 385 g/mol. The molecular weight excluding hydrogens is 366 g/mol. The van der Waals surface area contributed by atoms with Crippen LogP contribution in [-0.4, -0.2) is 16.1 Å². The number of carbonyl (C=O) groups is 1. The van der Waals surface area contributed by atoms with E-state index in [1.54, 1.807) is 0 Å². The van der Waals surface area contributed by atoms with Crippen molar-refractivity contribution in [3.63, 3.8) is 0 Å². The van der Waals surface area contributed by atoms with E-state index in [4.69, 9.17) is 11.6 Å². The Kier molecular flexibility index (Phi) is 5.64. The fraction of sp³-hybridized carbons (Fsp3) is 0.375. The van der Waals surface area contributed by atoms with Crippen LogP contribution in [0.1, 0.15) is 60.9 Å². The largest absolute Gasteiger partial charge is 0.344 e. The van der Waals surface area contributed by atoms with Crippen LogP contribution < -0.4 is 5.32 Å². The van der Waals surface area contributed by atoms with Gasteiger partial charge in [-0.3, -0.25) is 9.89 Å². The summed E-state index contributed by atoms with van der Waals surface area (Å²) in [6, 6.07) is 7.43. The van der Waals surface area contributed by atoms with Crippen molar-refractivity contribution in [2.24, 2.45) is 0 Å². The van der Waals surface area contributed by atoms with E-state index in [-0.39, 0.29) is 17.9 Å². The van der Waals surface area contributed by atoms with Crippen LogP contribution in [0.3, 0.4) is 0 Å². The van der Waals surface area contributed by atoms with Crippen molar-refractivity contribution in [3.05, 3.63) is 50.7 Å². The normalized spacial score (nSPS) is 12.5. The molecule has 1 heterocycles. The van der Waals surface area contributed by atoms with Gasteiger partial charge in [0, 0.05) is 5.02 Å². The lowest BCUT2D eigenvalue weighted by molar-refractivity contribution is 0.0929. The van der Waals surface area contributed by atoms with Crippen LogP contribution in [-0.2, 0) is 0 Å². The third-order valence-electron chi connectivity index (χ3n) is 3.49. The molecule has 118 valence electrons. The number of carbonyl (C=O) groups excluding carboxylic acids is 1. The molecule has 0 aliphatic rings. The van der Waals surface area contributed by atoms with Gasteiger partial charge in [-0.05, 0) is 46.0 Å². The zero-order chi connectivity index (χ0) is 16.3. The summed E-state index contributed by atoms with van der Waals surface area (Å²) in [5.41, 5.74) is 2.28. The van der Waals surface area contributed by atoms with Gasteiger partial charge in [-0.15, -0.1) is 0 Å². The molecule has 6 heteroatoms. The molecule has 0 spiro atoms. The molecule has 1 unspecified atom stereocenters. The molecule has 2 rings (SSSR count). The Hall–Kier alpha value is -1.33. The Labute approximate surface area is 143 Å². The third kappa shape index (κ3) is 3.70. The smallest absolute Gasteiger partial charge is 0.273 e. The van der Waals surface area contributed by atoms with Crippen molar-refractivity contribution in [3.8, 4) is 0 Å². The Morgan fingerprint density at radius 1 is 1.45 bits per heavy atom. The van der Waals surface area contributed by atoms with Crippen molar-refractivity contribution >= 4 is 33.4 Å². The summed E-state index contributed by atoms with van der Waals surface area (Å²) >= 11 is 9.48. The molecule has 0 bridgehead atoms. The molecule has 2 N–H and O–H groups in total. The molecule has 1 atom stereocenters. The van der Waals surface area contributed by atoms with Crippen LogP contribution in [0.4, 0.5) is 0 Å². The van der Waals surface area contributed by atoms with Crippen LogP contribution in [0.2, 0.25) is 5.02 Å². The number of aromatic amines is 1. The van der Waals surface area contributed by atoms with Crippen LogP contribution in [0, 0.1) is 0 Å². The molecule has 1 aromatic carbocycles. The number of nitrogens with one attached hydrogen (secondary N) is 2. The molecular formula is C16H19BrClN3O. The number of rotatable bonds is 5. The maximum Gasteiger partial charge on any atom is 0.273 e. The van der Waals surface area contributed by atoms with Crippen LogP contribution in [0.15, 0.2) is 28.7 Å². The first-order valence-electron chi connectivity index (χ1n) is 7.24. The summed E-state index contributed by atoms with van der Waals surface area (Å²) in [6.07, 6.45) is 0.769. The first kappa shape index (κ1) is 17.0. The minimum absolute atomic E-state index is 0.0997. The van der Waals surface area contributed by atoms with Gasteiger partial charge in [0.1, 0.15) is 0 Å². The number of halogens is 2. The highest BCUT2D eigenvalue weighted by Crippen LogP contribution is 2.26. The number of amides is 1. The number of H-pyrrole nitrogens is 1. The molecule has 0 aliphatic heterocycles. The number of hydrogen-bond acceptors (Lipinski definition) is 2. The molecule has 1 amide bonds. The second-order valence-corrected chi connectivity index (χ2v) is 6.67. The summed E-state index contributed by atoms with van der Waals surface area (Å²) in [6.45, 7) is 6.10. The Morgan fingerprint density at radius 3 is 2.73 bits per heavy atom. The minimum Gasteiger partial charge on any atom is -0.344 e. The molecule has 2 aromatic rings. The van der Waals surface area contributed by atoms with Gasteiger partial charge in [0.15, 0.2) is 5.69 Å². The van der Waals surface area contributed by atoms with Crippen LogP contribution >= 0.6 is 27.5 Å². The highest BCUT2D eigenvalue weighted by atomic mass is 79.9. The van der Waals surface area contributed by atoms with Gasteiger partial charge >= 0.3 is 0 Å².